The van der Waals surface area contributed by atoms with Crippen LogP contribution in [-0.4, -0.2) is 13.1 Å². The van der Waals surface area contributed by atoms with E-state index in [-0.39, 0.29) is 0 Å². The van der Waals surface area contributed by atoms with Crippen LogP contribution in [0.15, 0.2) is 0 Å². The third-order valence-electron chi connectivity index (χ3n) is 1.12. The first-order valence-electron chi connectivity index (χ1n) is 4.23. The van der Waals surface area contributed by atoms with Crippen molar-refractivity contribution in [3.8, 4) is 0 Å². The van der Waals surface area contributed by atoms with Crippen molar-refractivity contribution < 1.29 is 0 Å². The monoisotopic (exact) mass is 146 g/mol. The van der Waals surface area contributed by atoms with E-state index in [4.69, 9.17) is 11.5 Å². The van der Waals surface area contributed by atoms with Crippen LogP contribution in [0.1, 0.15) is 39.5 Å². The molecular formula is C8H22N2. The van der Waals surface area contributed by atoms with Crippen LogP contribution in [0.25, 0.3) is 0 Å². The predicted molar refractivity (Wildman–Crippen MR) is 47.9 cm³/mol. The molecule has 0 atom stereocenters. The lowest BCUT2D eigenvalue weighted by molar-refractivity contribution is 0.702. The Labute approximate surface area is 65.0 Å². The van der Waals surface area contributed by atoms with E-state index in [1.807, 2.05) is 0 Å². The van der Waals surface area contributed by atoms with Crippen molar-refractivity contribution >= 4 is 0 Å². The Morgan fingerprint density at radius 2 is 1.10 bits per heavy atom. The summed E-state index contributed by atoms with van der Waals surface area (Å²) in [6.07, 6.45) is 5.54. The third kappa shape index (κ3) is 24.7. The first-order chi connectivity index (χ1) is 4.83. The molecule has 0 bridgehead atoms. The van der Waals surface area contributed by atoms with Gasteiger partial charge >= 0.3 is 0 Å². The van der Waals surface area contributed by atoms with Crippen LogP contribution >= 0.6 is 0 Å². The van der Waals surface area contributed by atoms with Gasteiger partial charge in [-0.1, -0.05) is 39.5 Å². The zero-order valence-electron chi connectivity index (χ0n) is 7.40. The molecule has 0 aromatic carbocycles. The molecule has 2 nitrogen and oxygen atoms in total. The Balaban J connectivity index is 0. The molecule has 0 fully saturated rings. The molecule has 0 amide bonds. The zero-order chi connectivity index (χ0) is 8.24. The van der Waals surface area contributed by atoms with Gasteiger partial charge in [0.05, 0.1) is 0 Å². The van der Waals surface area contributed by atoms with Gasteiger partial charge in [0.15, 0.2) is 0 Å². The molecule has 0 saturated heterocycles. The highest BCUT2D eigenvalue weighted by Crippen LogP contribution is 1.95. The molecule has 10 heavy (non-hydrogen) atoms. The molecule has 0 aromatic heterocycles. The number of nitrogens with two attached hydrogens (primary N) is 2. The van der Waals surface area contributed by atoms with Crippen molar-refractivity contribution in [1.82, 2.24) is 0 Å². The third-order valence-corrected chi connectivity index (χ3v) is 1.12. The summed E-state index contributed by atoms with van der Waals surface area (Å²) in [4.78, 5) is 0. The van der Waals surface area contributed by atoms with Crippen molar-refractivity contribution in [2.75, 3.05) is 13.1 Å². The lowest BCUT2D eigenvalue weighted by Gasteiger charge is -1.86. The van der Waals surface area contributed by atoms with Crippen molar-refractivity contribution in [3.05, 3.63) is 0 Å². The lowest BCUT2D eigenvalue weighted by atomic mass is 10.2. The summed E-state index contributed by atoms with van der Waals surface area (Å²) in [5.41, 5.74) is 9.81. The summed E-state index contributed by atoms with van der Waals surface area (Å²) in [5, 5.41) is 0. The van der Waals surface area contributed by atoms with Crippen LogP contribution in [0, 0.1) is 0 Å². The summed E-state index contributed by atoms with van der Waals surface area (Å²) in [5.74, 6) is 0. The minimum Gasteiger partial charge on any atom is -0.329 e. The van der Waals surface area contributed by atoms with E-state index < -0.39 is 0 Å². The molecule has 0 heterocycles. The molecular weight excluding hydrogens is 124 g/mol. The number of rotatable bonds is 4. The van der Waals surface area contributed by atoms with Crippen LogP contribution in [0.3, 0.4) is 0 Å². The molecule has 0 saturated carbocycles. The van der Waals surface area contributed by atoms with Gasteiger partial charge in [0.2, 0.25) is 0 Å². The SMILES string of the molecule is CCCCCC.NCCN. The molecule has 0 aliphatic heterocycles. The molecule has 0 aliphatic carbocycles. The van der Waals surface area contributed by atoms with Gasteiger partial charge in [0, 0.05) is 13.1 Å². The normalized spacial score (nSPS) is 8.40. The van der Waals surface area contributed by atoms with Gasteiger partial charge in [0.1, 0.15) is 0 Å². The fourth-order valence-corrected chi connectivity index (χ4v) is 0.500. The van der Waals surface area contributed by atoms with E-state index in [1.54, 1.807) is 0 Å². The standard InChI is InChI=1S/C6H14.C2H8N2/c1-3-5-6-4-2;3-1-2-4/h3-6H2,1-2H3;1-4H2. The van der Waals surface area contributed by atoms with E-state index in [0.717, 1.165) is 0 Å². The molecule has 64 valence electrons. The number of unbranched alkanes of at least 4 members (excludes halogenated alkanes) is 3. The molecule has 0 rings (SSSR count). The summed E-state index contributed by atoms with van der Waals surface area (Å²) in [6, 6.07) is 0. The maximum absolute atomic E-state index is 4.90. The first-order valence-corrected chi connectivity index (χ1v) is 4.23. The maximum atomic E-state index is 4.90. The van der Waals surface area contributed by atoms with Gasteiger partial charge < -0.3 is 11.5 Å². The van der Waals surface area contributed by atoms with Crippen molar-refractivity contribution in [2.45, 2.75) is 39.5 Å². The minimum atomic E-state index is 0.597. The summed E-state index contributed by atoms with van der Waals surface area (Å²) >= 11 is 0. The quantitative estimate of drug-likeness (QED) is 0.590. The van der Waals surface area contributed by atoms with E-state index in [2.05, 4.69) is 13.8 Å². The molecule has 2 heteroatoms. The Kier molecular flexibility index (Phi) is 20.1. The molecule has 0 radical (unpaired) electrons. The fraction of sp³-hybridized carbons (Fsp3) is 1.00. The average Bonchev–Trinajstić information content (AvgIpc) is 2.01. The van der Waals surface area contributed by atoms with Crippen LogP contribution < -0.4 is 11.5 Å². The van der Waals surface area contributed by atoms with E-state index in [9.17, 15) is 0 Å². The van der Waals surface area contributed by atoms with Gasteiger partial charge in [-0.3, -0.25) is 0 Å². The van der Waals surface area contributed by atoms with Crippen LogP contribution in [0.2, 0.25) is 0 Å². The van der Waals surface area contributed by atoms with Crippen molar-refractivity contribution in [3.63, 3.8) is 0 Å². The maximum Gasteiger partial charge on any atom is 0.00461 e. The number of hydrogen-bond acceptors (Lipinski definition) is 2. The molecule has 0 aromatic rings. The highest BCUT2D eigenvalue weighted by atomic mass is 14.6. The second-order valence-electron chi connectivity index (χ2n) is 2.28. The summed E-state index contributed by atoms with van der Waals surface area (Å²) in [6.45, 7) is 5.66. The Morgan fingerprint density at radius 1 is 0.800 bits per heavy atom. The summed E-state index contributed by atoms with van der Waals surface area (Å²) in [7, 11) is 0. The minimum absolute atomic E-state index is 0.597. The molecule has 0 spiro atoms. The smallest absolute Gasteiger partial charge is 0.00461 e. The lowest BCUT2D eigenvalue weighted by Crippen LogP contribution is -2.11. The van der Waals surface area contributed by atoms with Gasteiger partial charge in [-0.25, -0.2) is 0 Å². The predicted octanol–water partition coefficient (Wildman–Crippen LogP) is 1.49. The Hall–Kier alpha value is -0.0800. The first kappa shape index (κ1) is 12.6. The van der Waals surface area contributed by atoms with Crippen LogP contribution in [0.5, 0.6) is 0 Å². The van der Waals surface area contributed by atoms with E-state index in [0.29, 0.717) is 13.1 Å². The van der Waals surface area contributed by atoms with Crippen molar-refractivity contribution in [1.29, 1.82) is 0 Å². The van der Waals surface area contributed by atoms with Gasteiger partial charge in [-0.15, -0.1) is 0 Å². The zero-order valence-corrected chi connectivity index (χ0v) is 7.40. The van der Waals surface area contributed by atoms with E-state index >= 15 is 0 Å². The molecule has 4 N–H and O–H groups in total. The highest BCUT2D eigenvalue weighted by Gasteiger charge is 1.75. The molecule has 0 unspecified atom stereocenters. The molecule has 0 aliphatic rings. The Morgan fingerprint density at radius 3 is 1.20 bits per heavy atom. The van der Waals surface area contributed by atoms with Crippen molar-refractivity contribution in [2.24, 2.45) is 11.5 Å². The average molecular weight is 146 g/mol. The van der Waals surface area contributed by atoms with Crippen LogP contribution in [-0.2, 0) is 0 Å². The van der Waals surface area contributed by atoms with Gasteiger partial charge in [-0.05, 0) is 0 Å². The fourth-order valence-electron chi connectivity index (χ4n) is 0.500. The number of hydrogen-bond donors (Lipinski definition) is 2. The largest absolute Gasteiger partial charge is 0.329 e. The van der Waals surface area contributed by atoms with Gasteiger partial charge in [0.25, 0.3) is 0 Å². The highest BCUT2D eigenvalue weighted by molar-refractivity contribution is 4.31. The van der Waals surface area contributed by atoms with Crippen LogP contribution in [0.4, 0.5) is 0 Å². The second-order valence-corrected chi connectivity index (χ2v) is 2.28. The van der Waals surface area contributed by atoms with E-state index in [1.165, 1.54) is 25.7 Å². The Bertz CT molecular complexity index is 32.2. The summed E-state index contributed by atoms with van der Waals surface area (Å²) < 4.78 is 0. The topological polar surface area (TPSA) is 52.0 Å². The second kappa shape index (κ2) is 16.0. The van der Waals surface area contributed by atoms with Gasteiger partial charge in [-0.2, -0.15) is 0 Å².